The molecule has 0 amide bonds. The first-order chi connectivity index (χ1) is 9.56. The molecule has 0 saturated carbocycles. The Labute approximate surface area is 119 Å². The first-order valence-electron chi connectivity index (χ1n) is 7.22. The van der Waals surface area contributed by atoms with E-state index in [0.717, 1.165) is 30.2 Å². The molecule has 2 aromatic rings. The van der Waals surface area contributed by atoms with Crippen molar-refractivity contribution in [3.05, 3.63) is 34.5 Å². The van der Waals surface area contributed by atoms with E-state index in [1.54, 1.807) is 0 Å². The topological polar surface area (TPSA) is 47.1 Å². The summed E-state index contributed by atoms with van der Waals surface area (Å²) in [5.41, 5.74) is 4.84. The van der Waals surface area contributed by atoms with Crippen molar-refractivity contribution in [1.29, 1.82) is 0 Å². The molecule has 2 aromatic heterocycles. The Morgan fingerprint density at radius 3 is 2.75 bits per heavy atom. The lowest BCUT2D eigenvalue weighted by molar-refractivity contribution is 0.238. The second-order valence-corrected chi connectivity index (χ2v) is 5.77. The van der Waals surface area contributed by atoms with Crippen molar-refractivity contribution in [2.45, 2.75) is 46.2 Å². The van der Waals surface area contributed by atoms with Gasteiger partial charge in [0.1, 0.15) is 5.76 Å². The molecule has 0 spiro atoms. The van der Waals surface area contributed by atoms with E-state index in [4.69, 9.17) is 4.52 Å². The maximum absolute atomic E-state index is 5.17. The van der Waals surface area contributed by atoms with E-state index in [1.165, 1.54) is 24.1 Å². The molecule has 1 atom stereocenters. The molecule has 3 rings (SSSR count). The van der Waals surface area contributed by atoms with Crippen LogP contribution in [-0.4, -0.2) is 26.4 Å². The number of hydrogen-bond donors (Lipinski definition) is 0. The van der Waals surface area contributed by atoms with Gasteiger partial charge in [-0.25, -0.2) is 0 Å². The minimum absolute atomic E-state index is 0.459. The summed E-state index contributed by atoms with van der Waals surface area (Å²) >= 11 is 0. The highest BCUT2D eigenvalue weighted by molar-refractivity contribution is 5.29. The van der Waals surface area contributed by atoms with Crippen LogP contribution in [0.4, 0.5) is 0 Å². The number of aromatic nitrogens is 3. The van der Waals surface area contributed by atoms with E-state index in [0.29, 0.717) is 6.04 Å². The van der Waals surface area contributed by atoms with E-state index in [1.807, 2.05) is 24.7 Å². The molecule has 1 unspecified atom stereocenters. The molecule has 0 aliphatic carbocycles. The number of hydrogen-bond acceptors (Lipinski definition) is 4. The predicted molar refractivity (Wildman–Crippen MR) is 76.3 cm³/mol. The van der Waals surface area contributed by atoms with Crippen molar-refractivity contribution in [2.75, 3.05) is 6.54 Å². The molecule has 0 radical (unpaired) electrons. The van der Waals surface area contributed by atoms with Crippen LogP contribution in [0.5, 0.6) is 0 Å². The highest BCUT2D eigenvalue weighted by Crippen LogP contribution is 2.36. The zero-order valence-corrected chi connectivity index (χ0v) is 12.7. The lowest BCUT2D eigenvalue weighted by atomic mass is 10.0. The monoisotopic (exact) mass is 274 g/mol. The highest BCUT2D eigenvalue weighted by Gasteiger charge is 2.30. The van der Waals surface area contributed by atoms with E-state index in [2.05, 4.69) is 29.0 Å². The molecule has 1 aliphatic rings. The standard InChI is InChI=1S/C15H22N4O/c1-10-8-13(17-20-10)9-19-7-5-6-14(19)15-11(2)16-18(4)12(15)3/h8,14H,5-7,9H2,1-4H3. The Balaban J connectivity index is 1.85. The Hall–Kier alpha value is -1.62. The van der Waals surface area contributed by atoms with Gasteiger partial charge in [0.05, 0.1) is 11.4 Å². The molecule has 0 N–H and O–H groups in total. The quantitative estimate of drug-likeness (QED) is 0.863. The van der Waals surface area contributed by atoms with Crippen LogP contribution in [0.15, 0.2) is 10.6 Å². The molecule has 1 saturated heterocycles. The van der Waals surface area contributed by atoms with E-state index < -0.39 is 0 Å². The SMILES string of the molecule is Cc1cc(CN2CCCC2c2c(C)nn(C)c2C)no1. The predicted octanol–water partition coefficient (Wildman–Crippen LogP) is 2.67. The molecular weight excluding hydrogens is 252 g/mol. The van der Waals surface area contributed by atoms with Crippen molar-refractivity contribution in [3.63, 3.8) is 0 Å². The fourth-order valence-corrected chi connectivity index (χ4v) is 3.32. The second-order valence-electron chi connectivity index (χ2n) is 5.77. The Morgan fingerprint density at radius 2 is 2.15 bits per heavy atom. The minimum Gasteiger partial charge on any atom is -0.361 e. The van der Waals surface area contributed by atoms with E-state index in [9.17, 15) is 0 Å². The molecule has 5 nitrogen and oxygen atoms in total. The van der Waals surface area contributed by atoms with Crippen LogP contribution >= 0.6 is 0 Å². The van der Waals surface area contributed by atoms with Crippen LogP contribution in [0.25, 0.3) is 0 Å². The molecule has 20 heavy (non-hydrogen) atoms. The summed E-state index contributed by atoms with van der Waals surface area (Å²) in [4.78, 5) is 2.49. The third kappa shape index (κ3) is 2.26. The highest BCUT2D eigenvalue weighted by atomic mass is 16.5. The van der Waals surface area contributed by atoms with Gasteiger partial charge >= 0.3 is 0 Å². The molecule has 1 aliphatic heterocycles. The van der Waals surface area contributed by atoms with Gasteiger partial charge in [0.25, 0.3) is 0 Å². The first kappa shape index (κ1) is 13.4. The van der Waals surface area contributed by atoms with Crippen molar-refractivity contribution in [2.24, 2.45) is 7.05 Å². The summed E-state index contributed by atoms with van der Waals surface area (Å²) in [6.07, 6.45) is 2.43. The van der Waals surface area contributed by atoms with Crippen LogP contribution < -0.4 is 0 Å². The summed E-state index contributed by atoms with van der Waals surface area (Å²) in [5.74, 6) is 0.879. The van der Waals surface area contributed by atoms with Gasteiger partial charge in [-0.15, -0.1) is 0 Å². The number of nitrogens with zero attached hydrogens (tertiary/aromatic N) is 4. The largest absolute Gasteiger partial charge is 0.361 e. The zero-order valence-electron chi connectivity index (χ0n) is 12.7. The van der Waals surface area contributed by atoms with Crippen LogP contribution in [0.3, 0.4) is 0 Å². The van der Waals surface area contributed by atoms with Gasteiger partial charge in [-0.2, -0.15) is 5.10 Å². The Morgan fingerprint density at radius 1 is 1.35 bits per heavy atom. The molecular formula is C15H22N4O. The van der Waals surface area contributed by atoms with E-state index in [-0.39, 0.29) is 0 Å². The average molecular weight is 274 g/mol. The van der Waals surface area contributed by atoms with Crippen LogP contribution in [0.2, 0.25) is 0 Å². The average Bonchev–Trinajstić information content (AvgIpc) is 3.05. The summed E-state index contributed by atoms with van der Waals surface area (Å²) < 4.78 is 7.16. The minimum atomic E-state index is 0.459. The lowest BCUT2D eigenvalue weighted by Gasteiger charge is -2.24. The summed E-state index contributed by atoms with van der Waals surface area (Å²) in [7, 11) is 2.02. The molecule has 5 heteroatoms. The van der Waals surface area contributed by atoms with Crippen molar-refractivity contribution < 1.29 is 4.52 Å². The molecule has 108 valence electrons. The van der Waals surface area contributed by atoms with Crippen LogP contribution in [-0.2, 0) is 13.6 Å². The molecule has 3 heterocycles. The first-order valence-corrected chi connectivity index (χ1v) is 7.22. The molecule has 0 bridgehead atoms. The number of likely N-dealkylation sites (tertiary alicyclic amines) is 1. The van der Waals surface area contributed by atoms with Gasteiger partial charge in [-0.3, -0.25) is 9.58 Å². The fourth-order valence-electron chi connectivity index (χ4n) is 3.32. The van der Waals surface area contributed by atoms with Crippen LogP contribution in [0, 0.1) is 20.8 Å². The summed E-state index contributed by atoms with van der Waals surface area (Å²) in [6.45, 7) is 8.18. The van der Waals surface area contributed by atoms with Crippen LogP contribution in [0.1, 0.15) is 47.3 Å². The number of rotatable bonds is 3. The third-order valence-corrected chi connectivity index (χ3v) is 4.30. The van der Waals surface area contributed by atoms with Gasteiger partial charge < -0.3 is 4.52 Å². The third-order valence-electron chi connectivity index (χ3n) is 4.30. The Bertz CT molecular complexity index is 613. The molecule has 0 aromatic carbocycles. The fraction of sp³-hybridized carbons (Fsp3) is 0.600. The van der Waals surface area contributed by atoms with Crippen molar-refractivity contribution >= 4 is 0 Å². The summed E-state index contributed by atoms with van der Waals surface area (Å²) in [5, 5.41) is 8.68. The maximum atomic E-state index is 5.17. The number of aryl methyl sites for hydroxylation is 3. The van der Waals surface area contributed by atoms with Crippen molar-refractivity contribution in [1.82, 2.24) is 19.8 Å². The normalized spacial score (nSPS) is 19.9. The smallest absolute Gasteiger partial charge is 0.133 e. The van der Waals surface area contributed by atoms with Gasteiger partial charge in [0, 0.05) is 37.0 Å². The maximum Gasteiger partial charge on any atom is 0.133 e. The second kappa shape index (κ2) is 5.05. The lowest BCUT2D eigenvalue weighted by Crippen LogP contribution is -2.23. The molecule has 1 fully saturated rings. The zero-order chi connectivity index (χ0) is 14.3. The van der Waals surface area contributed by atoms with Crippen molar-refractivity contribution in [3.8, 4) is 0 Å². The van der Waals surface area contributed by atoms with Gasteiger partial charge in [-0.05, 0) is 40.2 Å². The van der Waals surface area contributed by atoms with Gasteiger partial charge in [0.15, 0.2) is 0 Å². The van der Waals surface area contributed by atoms with Gasteiger partial charge in [-0.1, -0.05) is 5.16 Å². The summed E-state index contributed by atoms with van der Waals surface area (Å²) in [6, 6.07) is 2.49. The van der Waals surface area contributed by atoms with E-state index >= 15 is 0 Å². The Kier molecular flexibility index (Phi) is 3.38. The van der Waals surface area contributed by atoms with Gasteiger partial charge in [0.2, 0.25) is 0 Å².